The number of hydrogen-bond donors (Lipinski definition) is 0. The van der Waals surface area contributed by atoms with Crippen LogP contribution in [0, 0.1) is 17.7 Å². The van der Waals surface area contributed by atoms with E-state index in [2.05, 4.69) is 0 Å². The number of halogens is 1. The molecule has 0 aromatic heterocycles. The summed E-state index contributed by atoms with van der Waals surface area (Å²) in [7, 11) is 0. The Morgan fingerprint density at radius 3 is 1.92 bits per heavy atom. The van der Waals surface area contributed by atoms with Crippen molar-refractivity contribution < 1.29 is 18.8 Å². The largest absolute Gasteiger partial charge is 0.299 e. The standard InChI is InChI=1S/C21H21FO3/c1-13(2)20(24)18(14(3)23)19(15-7-5-4-6-8-15)21(25)16-9-11-17(22)12-10-16/h4-13,18-19H,1-3H3. The topological polar surface area (TPSA) is 51.2 Å². The molecule has 0 aliphatic carbocycles. The summed E-state index contributed by atoms with van der Waals surface area (Å²) in [6, 6.07) is 13.9. The summed E-state index contributed by atoms with van der Waals surface area (Å²) in [5, 5.41) is 0. The van der Waals surface area contributed by atoms with E-state index in [0.717, 1.165) is 0 Å². The summed E-state index contributed by atoms with van der Waals surface area (Å²) >= 11 is 0. The lowest BCUT2D eigenvalue weighted by Crippen LogP contribution is -2.35. The molecule has 2 atom stereocenters. The average Bonchev–Trinajstić information content (AvgIpc) is 2.59. The molecule has 0 spiro atoms. The lowest BCUT2D eigenvalue weighted by Gasteiger charge is -2.25. The molecule has 0 fully saturated rings. The third-order valence-electron chi connectivity index (χ3n) is 4.22. The number of benzene rings is 2. The van der Waals surface area contributed by atoms with Crippen LogP contribution in [-0.2, 0) is 9.59 Å². The Morgan fingerprint density at radius 1 is 0.880 bits per heavy atom. The van der Waals surface area contributed by atoms with E-state index in [1.807, 2.05) is 0 Å². The van der Waals surface area contributed by atoms with Gasteiger partial charge in [0.2, 0.25) is 0 Å². The van der Waals surface area contributed by atoms with E-state index in [9.17, 15) is 18.8 Å². The lowest BCUT2D eigenvalue weighted by molar-refractivity contribution is -0.134. The molecule has 0 heterocycles. The highest BCUT2D eigenvalue weighted by Crippen LogP contribution is 2.32. The van der Waals surface area contributed by atoms with Crippen molar-refractivity contribution in [2.24, 2.45) is 11.8 Å². The zero-order valence-corrected chi connectivity index (χ0v) is 14.5. The molecule has 0 saturated heterocycles. The van der Waals surface area contributed by atoms with E-state index < -0.39 is 17.7 Å². The second-order valence-corrected chi connectivity index (χ2v) is 6.40. The van der Waals surface area contributed by atoms with Gasteiger partial charge in [-0.2, -0.15) is 0 Å². The first-order valence-corrected chi connectivity index (χ1v) is 8.21. The predicted molar refractivity (Wildman–Crippen MR) is 93.9 cm³/mol. The molecule has 4 heteroatoms. The molecule has 0 amide bonds. The SMILES string of the molecule is CC(=O)C(C(=O)C(C)C)C(C(=O)c1ccc(F)cc1)c1ccccc1. The second-order valence-electron chi connectivity index (χ2n) is 6.40. The molecule has 130 valence electrons. The van der Waals surface area contributed by atoms with E-state index in [4.69, 9.17) is 0 Å². The second kappa shape index (κ2) is 7.97. The van der Waals surface area contributed by atoms with Crippen LogP contribution in [0.3, 0.4) is 0 Å². The van der Waals surface area contributed by atoms with Crippen LogP contribution < -0.4 is 0 Å². The van der Waals surface area contributed by atoms with Gasteiger partial charge in [0.1, 0.15) is 17.4 Å². The predicted octanol–water partition coefficient (Wildman–Crippen LogP) is 4.22. The smallest absolute Gasteiger partial charge is 0.171 e. The summed E-state index contributed by atoms with van der Waals surface area (Å²) < 4.78 is 13.2. The summed E-state index contributed by atoms with van der Waals surface area (Å²) in [5.41, 5.74) is 0.879. The average molecular weight is 340 g/mol. The first-order valence-electron chi connectivity index (χ1n) is 8.21. The molecule has 0 bridgehead atoms. The van der Waals surface area contributed by atoms with Crippen molar-refractivity contribution >= 4 is 17.3 Å². The maximum atomic E-state index is 13.2. The number of Topliss-reactive ketones (excluding diaryl/α,β-unsaturated/α-hetero) is 3. The van der Waals surface area contributed by atoms with Gasteiger partial charge >= 0.3 is 0 Å². The Balaban J connectivity index is 2.56. The van der Waals surface area contributed by atoms with E-state index >= 15 is 0 Å². The molecule has 2 unspecified atom stereocenters. The third-order valence-corrected chi connectivity index (χ3v) is 4.22. The number of carbonyl (C=O) groups excluding carboxylic acids is 3. The Bertz CT molecular complexity index is 763. The first-order chi connectivity index (χ1) is 11.8. The van der Waals surface area contributed by atoms with Gasteiger partial charge in [-0.1, -0.05) is 44.2 Å². The number of ketones is 3. The number of carbonyl (C=O) groups is 3. The van der Waals surface area contributed by atoms with Crippen LogP contribution in [0.1, 0.15) is 42.6 Å². The molecular weight excluding hydrogens is 319 g/mol. The zero-order valence-electron chi connectivity index (χ0n) is 14.5. The van der Waals surface area contributed by atoms with Gasteiger partial charge in [0, 0.05) is 11.5 Å². The molecule has 0 aliphatic rings. The van der Waals surface area contributed by atoms with Crippen LogP contribution >= 0.6 is 0 Å². The molecule has 3 nitrogen and oxygen atoms in total. The van der Waals surface area contributed by atoms with Crippen molar-refractivity contribution in [3.63, 3.8) is 0 Å². The monoisotopic (exact) mass is 340 g/mol. The molecular formula is C21H21FO3. The molecule has 25 heavy (non-hydrogen) atoms. The third kappa shape index (κ3) is 4.27. The molecule has 2 rings (SSSR count). The minimum atomic E-state index is -1.06. The molecule has 0 N–H and O–H groups in total. The van der Waals surface area contributed by atoms with Gasteiger partial charge in [-0.25, -0.2) is 4.39 Å². The van der Waals surface area contributed by atoms with Gasteiger partial charge in [0.15, 0.2) is 5.78 Å². The molecule has 2 aromatic rings. The maximum Gasteiger partial charge on any atom is 0.171 e. The Morgan fingerprint density at radius 2 is 1.44 bits per heavy atom. The fourth-order valence-corrected chi connectivity index (χ4v) is 2.91. The fourth-order valence-electron chi connectivity index (χ4n) is 2.91. The van der Waals surface area contributed by atoms with Crippen molar-refractivity contribution in [3.05, 3.63) is 71.5 Å². The van der Waals surface area contributed by atoms with Crippen molar-refractivity contribution in [1.29, 1.82) is 0 Å². The van der Waals surface area contributed by atoms with Crippen LogP contribution in [0.2, 0.25) is 0 Å². The molecule has 2 aromatic carbocycles. The minimum absolute atomic E-state index is 0.267. The van der Waals surface area contributed by atoms with Gasteiger partial charge in [-0.15, -0.1) is 0 Å². The van der Waals surface area contributed by atoms with Crippen LogP contribution in [0.15, 0.2) is 54.6 Å². The van der Waals surface area contributed by atoms with E-state index in [1.54, 1.807) is 44.2 Å². The van der Waals surface area contributed by atoms with Crippen molar-refractivity contribution in [2.45, 2.75) is 26.7 Å². The van der Waals surface area contributed by atoms with E-state index in [0.29, 0.717) is 5.56 Å². The lowest BCUT2D eigenvalue weighted by atomic mass is 9.74. The van der Waals surface area contributed by atoms with Crippen molar-refractivity contribution in [1.82, 2.24) is 0 Å². The van der Waals surface area contributed by atoms with Gasteiger partial charge in [-0.3, -0.25) is 14.4 Å². The highest BCUT2D eigenvalue weighted by atomic mass is 19.1. The quantitative estimate of drug-likeness (QED) is 0.560. The summed E-state index contributed by atoms with van der Waals surface area (Å²) in [4.78, 5) is 38.0. The first kappa shape index (κ1) is 18.7. The minimum Gasteiger partial charge on any atom is -0.299 e. The fraction of sp³-hybridized carbons (Fsp3) is 0.286. The van der Waals surface area contributed by atoms with Crippen LogP contribution in [-0.4, -0.2) is 17.3 Å². The molecule has 0 saturated carbocycles. The molecule has 0 aliphatic heterocycles. The highest BCUT2D eigenvalue weighted by molar-refractivity contribution is 6.11. The Kier molecular flexibility index (Phi) is 5.97. The summed E-state index contributed by atoms with van der Waals surface area (Å²) in [6.45, 7) is 4.75. The summed E-state index contributed by atoms with van der Waals surface area (Å²) in [5.74, 6) is -3.77. The number of rotatable bonds is 7. The number of hydrogen-bond acceptors (Lipinski definition) is 3. The normalized spacial score (nSPS) is 13.3. The van der Waals surface area contributed by atoms with Gasteiger partial charge in [0.25, 0.3) is 0 Å². The van der Waals surface area contributed by atoms with Gasteiger partial charge < -0.3 is 0 Å². The van der Waals surface area contributed by atoms with Crippen molar-refractivity contribution in [3.8, 4) is 0 Å². The highest BCUT2D eigenvalue weighted by Gasteiger charge is 2.39. The van der Waals surface area contributed by atoms with Gasteiger partial charge in [-0.05, 0) is 36.8 Å². The zero-order chi connectivity index (χ0) is 18.6. The summed E-state index contributed by atoms with van der Waals surface area (Å²) in [6.07, 6.45) is 0. The van der Waals surface area contributed by atoms with Crippen LogP contribution in [0.4, 0.5) is 4.39 Å². The molecule has 0 radical (unpaired) electrons. The van der Waals surface area contributed by atoms with Crippen molar-refractivity contribution in [2.75, 3.05) is 0 Å². The van der Waals surface area contributed by atoms with Gasteiger partial charge in [0.05, 0.1) is 11.8 Å². The Hall–Kier alpha value is -2.62. The maximum absolute atomic E-state index is 13.2. The Labute approximate surface area is 146 Å². The van der Waals surface area contributed by atoms with E-state index in [1.165, 1.54) is 31.2 Å². The van der Waals surface area contributed by atoms with Crippen LogP contribution in [0.25, 0.3) is 0 Å². The van der Waals surface area contributed by atoms with Crippen LogP contribution in [0.5, 0.6) is 0 Å². The van der Waals surface area contributed by atoms with E-state index in [-0.39, 0.29) is 28.8 Å².